The maximum absolute atomic E-state index is 11.2. The molecule has 0 aromatic carbocycles. The van der Waals surface area contributed by atoms with E-state index in [1.807, 2.05) is 13.8 Å². The van der Waals surface area contributed by atoms with Crippen LogP contribution in [0.4, 0.5) is 0 Å². The third-order valence-electron chi connectivity index (χ3n) is 1.93. The van der Waals surface area contributed by atoms with Crippen LogP contribution in [-0.2, 0) is 4.79 Å². The monoisotopic (exact) mass is 139 g/mol. The molecule has 2 heteroatoms. The first-order chi connectivity index (χ1) is 4.63. The summed E-state index contributed by atoms with van der Waals surface area (Å²) in [6.07, 6.45) is 0.978. The Morgan fingerprint density at radius 2 is 2.40 bits per heavy atom. The van der Waals surface area contributed by atoms with E-state index in [-0.39, 0.29) is 11.8 Å². The third-order valence-corrected chi connectivity index (χ3v) is 1.93. The summed E-state index contributed by atoms with van der Waals surface area (Å²) in [5, 5.41) is 0. The molecule has 1 amide bonds. The normalized spacial score (nSPS) is 25.6. The minimum absolute atomic E-state index is 0.205. The number of amides is 1. The van der Waals surface area contributed by atoms with Crippen molar-refractivity contribution in [1.29, 1.82) is 0 Å². The van der Waals surface area contributed by atoms with Crippen LogP contribution in [0.25, 0.3) is 0 Å². The van der Waals surface area contributed by atoms with Crippen LogP contribution in [0.3, 0.4) is 0 Å². The highest BCUT2D eigenvalue weighted by Crippen LogP contribution is 2.19. The van der Waals surface area contributed by atoms with E-state index in [4.69, 9.17) is 0 Å². The number of rotatable bonds is 1. The zero-order valence-electron chi connectivity index (χ0n) is 6.55. The molecule has 10 heavy (non-hydrogen) atoms. The molecule has 0 bridgehead atoms. The van der Waals surface area contributed by atoms with E-state index >= 15 is 0 Å². The van der Waals surface area contributed by atoms with E-state index in [9.17, 15) is 4.79 Å². The standard InChI is InChI=1S/C8H13NO/c1-6(2)9-5-4-7(3)8(9)10/h7H,1,4-5H2,2-3H3. The molecule has 1 heterocycles. The Bertz CT molecular complexity index is 174. The molecule has 1 unspecified atom stereocenters. The van der Waals surface area contributed by atoms with Gasteiger partial charge in [-0.3, -0.25) is 4.79 Å². The summed E-state index contributed by atoms with van der Waals surface area (Å²) in [6, 6.07) is 0. The fourth-order valence-corrected chi connectivity index (χ4v) is 1.20. The second kappa shape index (κ2) is 2.45. The lowest BCUT2D eigenvalue weighted by Gasteiger charge is -2.14. The highest BCUT2D eigenvalue weighted by molar-refractivity contribution is 5.82. The summed E-state index contributed by atoms with van der Waals surface area (Å²) < 4.78 is 0. The number of hydrogen-bond acceptors (Lipinski definition) is 1. The van der Waals surface area contributed by atoms with Crippen molar-refractivity contribution in [3.63, 3.8) is 0 Å². The van der Waals surface area contributed by atoms with E-state index < -0.39 is 0 Å². The maximum Gasteiger partial charge on any atom is 0.229 e. The molecule has 0 aliphatic carbocycles. The molecular weight excluding hydrogens is 126 g/mol. The molecule has 0 N–H and O–H groups in total. The Kier molecular flexibility index (Phi) is 1.79. The van der Waals surface area contributed by atoms with Crippen molar-refractivity contribution in [2.24, 2.45) is 5.92 Å². The fraction of sp³-hybridized carbons (Fsp3) is 0.625. The van der Waals surface area contributed by atoms with E-state index in [0.29, 0.717) is 0 Å². The Morgan fingerprint density at radius 3 is 2.60 bits per heavy atom. The van der Waals surface area contributed by atoms with Gasteiger partial charge in [0.05, 0.1) is 0 Å². The van der Waals surface area contributed by atoms with Gasteiger partial charge >= 0.3 is 0 Å². The molecule has 1 aliphatic heterocycles. The number of nitrogens with zero attached hydrogens (tertiary/aromatic N) is 1. The van der Waals surface area contributed by atoms with Gasteiger partial charge in [0.2, 0.25) is 5.91 Å². The SMILES string of the molecule is C=C(C)N1CCC(C)C1=O. The van der Waals surface area contributed by atoms with Crippen molar-refractivity contribution in [2.75, 3.05) is 6.54 Å². The largest absolute Gasteiger partial charge is 0.317 e. The first kappa shape index (κ1) is 7.32. The Hall–Kier alpha value is -0.790. The van der Waals surface area contributed by atoms with E-state index in [2.05, 4.69) is 6.58 Å². The van der Waals surface area contributed by atoms with Crippen molar-refractivity contribution in [2.45, 2.75) is 20.3 Å². The van der Waals surface area contributed by atoms with Crippen LogP contribution in [0.5, 0.6) is 0 Å². The molecule has 2 nitrogen and oxygen atoms in total. The molecule has 0 aromatic rings. The fourth-order valence-electron chi connectivity index (χ4n) is 1.20. The molecule has 1 aliphatic rings. The van der Waals surface area contributed by atoms with Crippen LogP contribution in [0, 0.1) is 5.92 Å². The summed E-state index contributed by atoms with van der Waals surface area (Å²) in [7, 11) is 0. The third kappa shape index (κ3) is 1.06. The van der Waals surface area contributed by atoms with Gasteiger partial charge in [-0.25, -0.2) is 0 Å². The smallest absolute Gasteiger partial charge is 0.229 e. The first-order valence-electron chi connectivity index (χ1n) is 3.60. The van der Waals surface area contributed by atoms with Crippen molar-refractivity contribution >= 4 is 5.91 Å². The Balaban J connectivity index is 2.66. The summed E-state index contributed by atoms with van der Waals surface area (Å²) in [6.45, 7) is 8.42. The zero-order chi connectivity index (χ0) is 7.72. The van der Waals surface area contributed by atoms with Crippen LogP contribution >= 0.6 is 0 Å². The second-order valence-corrected chi connectivity index (χ2v) is 2.91. The van der Waals surface area contributed by atoms with E-state index in [0.717, 1.165) is 18.7 Å². The lowest BCUT2D eigenvalue weighted by molar-refractivity contribution is -0.128. The van der Waals surface area contributed by atoms with Gasteiger partial charge in [-0.2, -0.15) is 0 Å². The van der Waals surface area contributed by atoms with Crippen molar-refractivity contribution in [3.05, 3.63) is 12.3 Å². The van der Waals surface area contributed by atoms with Crippen molar-refractivity contribution < 1.29 is 4.79 Å². The van der Waals surface area contributed by atoms with Crippen LogP contribution in [0.2, 0.25) is 0 Å². The molecule has 56 valence electrons. The van der Waals surface area contributed by atoms with E-state index in [1.165, 1.54) is 0 Å². The van der Waals surface area contributed by atoms with Gasteiger partial charge < -0.3 is 4.90 Å². The molecule has 1 atom stereocenters. The summed E-state index contributed by atoms with van der Waals surface area (Å²) in [5.41, 5.74) is 0.870. The Morgan fingerprint density at radius 1 is 1.80 bits per heavy atom. The Labute approximate surface area is 61.5 Å². The van der Waals surface area contributed by atoms with E-state index in [1.54, 1.807) is 4.90 Å². The molecule has 0 aromatic heterocycles. The summed E-state index contributed by atoms with van der Waals surface area (Å²) in [4.78, 5) is 13.0. The predicted molar refractivity (Wildman–Crippen MR) is 40.3 cm³/mol. The van der Waals surface area contributed by atoms with Gasteiger partial charge in [0.1, 0.15) is 0 Å². The summed E-state index contributed by atoms with van der Waals surface area (Å²) in [5.74, 6) is 0.434. The number of hydrogen-bond donors (Lipinski definition) is 0. The number of carbonyl (C=O) groups is 1. The van der Waals surface area contributed by atoms with Crippen LogP contribution < -0.4 is 0 Å². The van der Waals surface area contributed by atoms with Gasteiger partial charge in [-0.1, -0.05) is 13.5 Å². The molecule has 1 saturated heterocycles. The van der Waals surface area contributed by atoms with Gasteiger partial charge in [0.15, 0.2) is 0 Å². The number of likely N-dealkylation sites (tertiary alicyclic amines) is 1. The second-order valence-electron chi connectivity index (χ2n) is 2.91. The lowest BCUT2D eigenvalue weighted by Crippen LogP contribution is -2.23. The molecule has 0 radical (unpaired) electrons. The number of allylic oxidation sites excluding steroid dienone is 1. The zero-order valence-corrected chi connectivity index (χ0v) is 6.55. The van der Waals surface area contributed by atoms with Gasteiger partial charge in [0, 0.05) is 18.2 Å². The minimum atomic E-state index is 0.205. The van der Waals surface area contributed by atoms with Gasteiger partial charge in [-0.15, -0.1) is 0 Å². The molecule has 0 spiro atoms. The van der Waals surface area contributed by atoms with Crippen LogP contribution in [-0.4, -0.2) is 17.4 Å². The summed E-state index contributed by atoms with van der Waals surface area (Å²) >= 11 is 0. The molecule has 1 fully saturated rings. The van der Waals surface area contributed by atoms with Crippen molar-refractivity contribution in [1.82, 2.24) is 4.90 Å². The molecular formula is C8H13NO. The quantitative estimate of drug-likeness (QED) is 0.537. The van der Waals surface area contributed by atoms with Crippen LogP contribution in [0.1, 0.15) is 20.3 Å². The average molecular weight is 139 g/mol. The molecule has 1 rings (SSSR count). The van der Waals surface area contributed by atoms with Gasteiger partial charge in [-0.05, 0) is 13.3 Å². The topological polar surface area (TPSA) is 20.3 Å². The highest BCUT2D eigenvalue weighted by Gasteiger charge is 2.27. The average Bonchev–Trinajstić information content (AvgIpc) is 2.14. The van der Waals surface area contributed by atoms with Gasteiger partial charge in [0.25, 0.3) is 0 Å². The lowest BCUT2D eigenvalue weighted by atomic mass is 10.1. The minimum Gasteiger partial charge on any atom is -0.317 e. The van der Waals surface area contributed by atoms with Crippen molar-refractivity contribution in [3.8, 4) is 0 Å². The predicted octanol–water partition coefficient (Wildman–Crippen LogP) is 1.39. The number of carbonyl (C=O) groups excluding carboxylic acids is 1. The van der Waals surface area contributed by atoms with Crippen LogP contribution in [0.15, 0.2) is 12.3 Å². The maximum atomic E-state index is 11.2. The highest BCUT2D eigenvalue weighted by atomic mass is 16.2. The first-order valence-corrected chi connectivity index (χ1v) is 3.60. The molecule has 0 saturated carbocycles.